The van der Waals surface area contributed by atoms with Gasteiger partial charge in [0.2, 0.25) is 0 Å². The van der Waals surface area contributed by atoms with E-state index in [0.717, 1.165) is 19.3 Å². The zero-order chi connectivity index (χ0) is 33.5. The van der Waals surface area contributed by atoms with E-state index >= 15 is 0 Å². The molecule has 5 aliphatic carbocycles. The quantitative estimate of drug-likeness (QED) is 0.179. The lowest BCUT2D eigenvalue weighted by molar-refractivity contribution is -0.233. The third-order valence-corrected chi connectivity index (χ3v) is 15.2. The minimum absolute atomic E-state index is 0.0552. The van der Waals surface area contributed by atoms with Crippen molar-refractivity contribution in [3.63, 3.8) is 0 Å². The number of carbonyl (C=O) groups excluding carboxylic acids is 1. The summed E-state index contributed by atoms with van der Waals surface area (Å²) in [5, 5.41) is 60.3. The lowest BCUT2D eigenvalue weighted by Crippen LogP contribution is -2.67. The molecule has 0 aliphatic heterocycles. The number of esters is 1. The van der Waals surface area contributed by atoms with Gasteiger partial charge in [-0.25, -0.2) is 4.79 Å². The van der Waals surface area contributed by atoms with Crippen molar-refractivity contribution in [1.29, 1.82) is 0 Å². The molecule has 0 heterocycles. The van der Waals surface area contributed by atoms with Gasteiger partial charge in [0.05, 0.1) is 6.61 Å². The number of carboxylic acids is 1. The van der Waals surface area contributed by atoms with Crippen LogP contribution in [0.25, 0.3) is 0 Å². The molecule has 9 nitrogen and oxygen atoms in total. The zero-order valence-corrected chi connectivity index (χ0v) is 28.3. The molecule has 0 spiro atoms. The number of allylic oxidation sites excluding steroid dienone is 2. The molecule has 256 valence electrons. The van der Waals surface area contributed by atoms with Gasteiger partial charge >= 0.3 is 11.9 Å². The van der Waals surface area contributed by atoms with Crippen LogP contribution in [0.1, 0.15) is 106 Å². The Labute approximate surface area is 268 Å². The van der Waals surface area contributed by atoms with E-state index in [4.69, 9.17) is 9.84 Å². The van der Waals surface area contributed by atoms with Gasteiger partial charge in [-0.15, -0.1) is 0 Å². The summed E-state index contributed by atoms with van der Waals surface area (Å²) in [7, 11) is 0. The zero-order valence-electron chi connectivity index (χ0n) is 28.3. The van der Waals surface area contributed by atoms with Crippen LogP contribution in [-0.4, -0.2) is 79.7 Å². The summed E-state index contributed by atoms with van der Waals surface area (Å²) in [6.07, 6.45) is 1.80. The molecule has 6 N–H and O–H groups in total. The predicted molar refractivity (Wildman–Crippen MR) is 168 cm³/mol. The molecule has 5 aliphatic rings. The molecular formula is C36H58O9. The van der Waals surface area contributed by atoms with E-state index in [1.807, 2.05) is 0 Å². The van der Waals surface area contributed by atoms with Crippen molar-refractivity contribution in [1.82, 2.24) is 0 Å². The molecule has 9 heteroatoms. The lowest BCUT2D eigenvalue weighted by Gasteiger charge is -2.71. The minimum atomic E-state index is -2.22. The Kier molecular flexibility index (Phi) is 8.95. The van der Waals surface area contributed by atoms with Gasteiger partial charge in [0, 0.05) is 0 Å². The van der Waals surface area contributed by atoms with Gasteiger partial charge in [-0.05, 0) is 116 Å². The Hall–Kier alpha value is -1.52. The Bertz CT molecular complexity index is 1200. The normalized spacial score (nSPS) is 48.7. The standard InChI is InChI=1S/C36H58O9/c1-19-10-13-32(3)16-17-33(4)21(26(32)20(19)2)11-14-34(5)23(33)8-9-24-35(34,6)15-12-25(36(24,7)31(43)44)45-30(42)29(41)28(40)27(39)22(38)18-37/h11,19-20,22-29,37-41H,8-10,12-18H2,1-7H3,(H,43,44)/t19?,20?,22-,23?,24?,25?,26?,27-,28+,29-,32?,33?,34?,35?,36?/m1/s1. The smallest absolute Gasteiger partial charge is 0.338 e. The third kappa shape index (κ3) is 4.88. The fourth-order valence-electron chi connectivity index (χ4n) is 11.9. The second kappa shape index (κ2) is 11.6. The predicted octanol–water partition coefficient (Wildman–Crippen LogP) is 4.08. The number of aliphatic hydroxyl groups is 5. The van der Waals surface area contributed by atoms with Crippen LogP contribution in [0.2, 0.25) is 0 Å². The van der Waals surface area contributed by atoms with E-state index in [1.165, 1.54) is 19.3 Å². The van der Waals surface area contributed by atoms with Gasteiger partial charge < -0.3 is 35.4 Å². The summed E-state index contributed by atoms with van der Waals surface area (Å²) in [6, 6.07) is 0. The minimum Gasteiger partial charge on any atom is -0.481 e. The van der Waals surface area contributed by atoms with Crippen LogP contribution in [0.3, 0.4) is 0 Å². The molecule has 0 amide bonds. The maximum Gasteiger partial charge on any atom is 0.338 e. The van der Waals surface area contributed by atoms with Crippen molar-refractivity contribution in [2.24, 2.45) is 56.7 Å². The highest BCUT2D eigenvalue weighted by Gasteiger charge is 2.71. The summed E-state index contributed by atoms with van der Waals surface area (Å²) >= 11 is 0. The average Bonchev–Trinajstić information content (AvgIpc) is 2.99. The van der Waals surface area contributed by atoms with Gasteiger partial charge in [0.15, 0.2) is 6.10 Å². The average molecular weight is 635 g/mol. The second-order valence-corrected chi connectivity index (χ2v) is 17.0. The molecule has 11 unspecified atom stereocenters. The van der Waals surface area contributed by atoms with Crippen molar-refractivity contribution >= 4 is 11.9 Å². The van der Waals surface area contributed by atoms with Gasteiger partial charge in [-0.3, -0.25) is 4.79 Å². The highest BCUT2D eigenvalue weighted by Crippen LogP contribution is 2.75. The van der Waals surface area contributed by atoms with E-state index in [1.54, 1.807) is 12.5 Å². The largest absolute Gasteiger partial charge is 0.481 e. The first-order chi connectivity index (χ1) is 20.8. The molecule has 4 saturated carbocycles. The molecule has 0 aromatic carbocycles. The van der Waals surface area contributed by atoms with Gasteiger partial charge in [0.25, 0.3) is 0 Å². The van der Waals surface area contributed by atoms with Crippen molar-refractivity contribution in [2.75, 3.05) is 6.61 Å². The first kappa shape index (κ1) is 34.8. The number of rotatable bonds is 7. The molecule has 0 aromatic rings. The van der Waals surface area contributed by atoms with Crippen LogP contribution in [0, 0.1) is 56.7 Å². The summed E-state index contributed by atoms with van der Waals surface area (Å²) in [4.78, 5) is 26.2. The highest BCUT2D eigenvalue weighted by molar-refractivity contribution is 5.79. The number of ether oxygens (including phenoxy) is 1. The van der Waals surface area contributed by atoms with E-state index in [0.29, 0.717) is 41.9 Å². The van der Waals surface area contributed by atoms with Crippen LogP contribution >= 0.6 is 0 Å². The maximum atomic E-state index is 13.2. The molecular weight excluding hydrogens is 576 g/mol. The van der Waals surface area contributed by atoms with Crippen LogP contribution in [-0.2, 0) is 14.3 Å². The van der Waals surface area contributed by atoms with Crippen LogP contribution in [0.4, 0.5) is 0 Å². The number of carboxylic acid groups (broad SMARTS) is 1. The topological polar surface area (TPSA) is 165 Å². The van der Waals surface area contributed by atoms with Crippen LogP contribution < -0.4 is 0 Å². The highest BCUT2D eigenvalue weighted by atomic mass is 16.6. The number of aliphatic hydroxyl groups excluding tert-OH is 5. The van der Waals surface area contributed by atoms with Crippen LogP contribution in [0.15, 0.2) is 11.6 Å². The van der Waals surface area contributed by atoms with E-state index in [-0.39, 0.29) is 28.6 Å². The summed E-state index contributed by atoms with van der Waals surface area (Å²) in [5.41, 5.74) is 0.109. The third-order valence-electron chi connectivity index (χ3n) is 15.2. The number of aliphatic carboxylic acids is 1. The fraction of sp³-hybridized carbons (Fsp3) is 0.889. The number of hydrogen-bond acceptors (Lipinski definition) is 8. The first-order valence-corrected chi connectivity index (χ1v) is 17.3. The summed E-state index contributed by atoms with van der Waals surface area (Å²) in [5.74, 6) is -0.285. The number of hydrogen-bond donors (Lipinski definition) is 6. The maximum absolute atomic E-state index is 13.2. The van der Waals surface area contributed by atoms with E-state index in [9.17, 15) is 35.1 Å². The fourth-order valence-corrected chi connectivity index (χ4v) is 11.9. The van der Waals surface area contributed by atoms with Crippen molar-refractivity contribution in [3.05, 3.63) is 11.6 Å². The van der Waals surface area contributed by atoms with Crippen LogP contribution in [0.5, 0.6) is 0 Å². The number of fused-ring (bicyclic) bond motifs is 7. The number of carbonyl (C=O) groups is 2. The Morgan fingerprint density at radius 3 is 2.13 bits per heavy atom. The second-order valence-electron chi connectivity index (χ2n) is 17.0. The van der Waals surface area contributed by atoms with Crippen molar-refractivity contribution < 1.29 is 45.0 Å². The lowest BCUT2D eigenvalue weighted by atomic mass is 9.33. The molecule has 0 bridgehead atoms. The Morgan fingerprint density at radius 2 is 1.51 bits per heavy atom. The molecule has 15 atom stereocenters. The SMILES string of the molecule is CC1CCC2(C)CCC3(C)C(=CCC4(C)C3CCC3C(C)(C(=O)O)C(OC(=O)[C@H](O)[C@@H](O)[C@H](O)[C@H](O)CO)CCC34C)C2C1C. The summed E-state index contributed by atoms with van der Waals surface area (Å²) in [6.45, 7) is 15.3. The first-order valence-electron chi connectivity index (χ1n) is 17.3. The molecule has 0 saturated heterocycles. The van der Waals surface area contributed by atoms with E-state index < -0.39 is 54.5 Å². The monoisotopic (exact) mass is 634 g/mol. The van der Waals surface area contributed by atoms with Gasteiger partial charge in [0.1, 0.15) is 29.8 Å². The molecule has 0 aromatic heterocycles. The molecule has 45 heavy (non-hydrogen) atoms. The van der Waals surface area contributed by atoms with Gasteiger partial charge in [-0.1, -0.05) is 53.2 Å². The van der Waals surface area contributed by atoms with Gasteiger partial charge in [-0.2, -0.15) is 0 Å². The molecule has 0 radical (unpaired) electrons. The molecule has 4 fully saturated rings. The Balaban J connectivity index is 1.45. The van der Waals surface area contributed by atoms with E-state index in [2.05, 4.69) is 47.6 Å². The molecule has 5 rings (SSSR count). The van der Waals surface area contributed by atoms with Crippen molar-refractivity contribution in [2.45, 2.75) is 137 Å². The van der Waals surface area contributed by atoms with Crippen molar-refractivity contribution in [3.8, 4) is 0 Å². The summed E-state index contributed by atoms with van der Waals surface area (Å²) < 4.78 is 5.68. The Morgan fingerprint density at radius 1 is 0.867 bits per heavy atom.